The third-order valence-corrected chi connectivity index (χ3v) is 6.95. The number of carbonyl (C=O) groups is 2. The van der Waals surface area contributed by atoms with Crippen molar-refractivity contribution in [2.75, 3.05) is 26.7 Å². The Balaban J connectivity index is 1.51. The first-order valence-corrected chi connectivity index (χ1v) is 12.6. The number of ether oxygens (including phenoxy) is 1. The van der Waals surface area contributed by atoms with Gasteiger partial charge in [-0.2, -0.15) is 0 Å². The van der Waals surface area contributed by atoms with Crippen molar-refractivity contribution in [2.45, 2.75) is 31.8 Å². The third-order valence-electron chi connectivity index (χ3n) is 6.69. The minimum Gasteiger partial charge on any atom is -0.496 e. The Kier molecular flexibility index (Phi) is 8.62. The maximum atomic E-state index is 12.7. The molecule has 0 spiro atoms. The topological polar surface area (TPSA) is 70.7 Å². The number of hydrogen-bond acceptors (Lipinski definition) is 4. The van der Waals surface area contributed by atoms with Crippen molar-refractivity contribution in [3.63, 3.8) is 0 Å². The van der Waals surface area contributed by atoms with Crippen LogP contribution in [-0.4, -0.2) is 49.5 Å². The lowest BCUT2D eigenvalue weighted by Gasteiger charge is -2.39. The molecule has 4 rings (SSSR count). The molecular formula is C29H32ClN3O3. The fourth-order valence-electron chi connectivity index (χ4n) is 4.75. The van der Waals surface area contributed by atoms with E-state index in [9.17, 15) is 9.59 Å². The maximum Gasteiger partial charge on any atom is 0.241 e. The third kappa shape index (κ3) is 6.45. The van der Waals surface area contributed by atoms with Gasteiger partial charge in [0.25, 0.3) is 0 Å². The van der Waals surface area contributed by atoms with Gasteiger partial charge in [-0.1, -0.05) is 60.1 Å². The zero-order valence-corrected chi connectivity index (χ0v) is 21.4. The molecule has 3 aromatic carbocycles. The molecule has 1 fully saturated rings. The van der Waals surface area contributed by atoms with Crippen molar-refractivity contribution in [3.05, 3.63) is 88.9 Å². The summed E-state index contributed by atoms with van der Waals surface area (Å²) in [4.78, 5) is 25.8. The van der Waals surface area contributed by atoms with Crippen molar-refractivity contribution in [3.8, 4) is 16.9 Å². The molecule has 7 heteroatoms. The maximum absolute atomic E-state index is 12.7. The molecule has 6 nitrogen and oxygen atoms in total. The van der Waals surface area contributed by atoms with Crippen molar-refractivity contribution in [1.29, 1.82) is 0 Å². The molecule has 1 aliphatic rings. The zero-order chi connectivity index (χ0) is 25.5. The Morgan fingerprint density at radius 3 is 2.44 bits per heavy atom. The summed E-state index contributed by atoms with van der Waals surface area (Å²) in [5.41, 5.74) is 4.45. The number of nitrogens with zero attached hydrogens (tertiary/aromatic N) is 1. The first-order chi connectivity index (χ1) is 17.4. The number of amides is 2. The molecule has 2 N–H and O–H groups in total. The van der Waals surface area contributed by atoms with Crippen LogP contribution < -0.4 is 15.4 Å². The predicted molar refractivity (Wildman–Crippen MR) is 143 cm³/mol. The molecule has 0 radical (unpaired) electrons. The number of hydrogen-bond donors (Lipinski definition) is 2. The van der Waals surface area contributed by atoms with E-state index in [1.807, 2.05) is 53.4 Å². The van der Waals surface area contributed by atoms with Crippen LogP contribution in [-0.2, 0) is 16.1 Å². The number of piperidine rings is 1. The molecule has 188 valence electrons. The normalized spacial score (nSPS) is 17.5. The minimum atomic E-state index is -0.200. The number of nitrogens with one attached hydrogen (secondary N) is 2. The Morgan fingerprint density at radius 1 is 1.03 bits per heavy atom. The average Bonchev–Trinajstić information content (AvgIpc) is 2.91. The Labute approximate surface area is 217 Å². The largest absolute Gasteiger partial charge is 0.496 e. The molecule has 0 bridgehead atoms. The second kappa shape index (κ2) is 12.1. The van der Waals surface area contributed by atoms with Gasteiger partial charge in [-0.25, -0.2) is 0 Å². The van der Waals surface area contributed by atoms with Crippen LogP contribution in [0.3, 0.4) is 0 Å². The van der Waals surface area contributed by atoms with Gasteiger partial charge in [0.1, 0.15) is 5.75 Å². The van der Waals surface area contributed by atoms with Gasteiger partial charge in [-0.05, 0) is 47.4 Å². The highest BCUT2D eigenvalue weighted by Crippen LogP contribution is 2.30. The zero-order valence-electron chi connectivity index (χ0n) is 20.7. The number of rotatable bonds is 8. The fourth-order valence-corrected chi connectivity index (χ4v) is 4.88. The second-order valence-corrected chi connectivity index (χ2v) is 9.51. The van der Waals surface area contributed by atoms with E-state index in [2.05, 4.69) is 34.9 Å². The first-order valence-electron chi connectivity index (χ1n) is 12.2. The lowest BCUT2D eigenvalue weighted by Crippen LogP contribution is -2.51. The molecule has 2 atom stereocenters. The summed E-state index contributed by atoms with van der Waals surface area (Å²) >= 11 is 6.07. The summed E-state index contributed by atoms with van der Waals surface area (Å²) in [6, 6.07) is 24.5. The standard InChI is InChI=1S/C29H32ClN3O3/c1-20(34)31-18-29(35)33-15-14-27(26(19-33)22-6-4-3-5-7-22)32-17-24-16-23(10-13-28(24)36-2)21-8-11-25(30)12-9-21/h3-13,16,26-27,32H,14-15,17-19H2,1-2H3,(H,31,34). The van der Waals surface area contributed by atoms with E-state index in [-0.39, 0.29) is 30.3 Å². The van der Waals surface area contributed by atoms with E-state index in [0.29, 0.717) is 24.7 Å². The number of halogens is 1. The lowest BCUT2D eigenvalue weighted by molar-refractivity contribution is -0.133. The summed E-state index contributed by atoms with van der Waals surface area (Å²) in [5, 5.41) is 7.08. The summed E-state index contributed by atoms with van der Waals surface area (Å²) in [6.45, 7) is 3.33. The summed E-state index contributed by atoms with van der Waals surface area (Å²) in [6.07, 6.45) is 0.810. The molecule has 1 saturated heterocycles. The van der Waals surface area contributed by atoms with Gasteiger partial charge in [0.15, 0.2) is 0 Å². The van der Waals surface area contributed by atoms with Gasteiger partial charge < -0.3 is 20.3 Å². The monoisotopic (exact) mass is 505 g/mol. The van der Waals surface area contributed by atoms with Crippen molar-refractivity contribution < 1.29 is 14.3 Å². The van der Waals surface area contributed by atoms with Crippen molar-refractivity contribution >= 4 is 23.4 Å². The predicted octanol–water partition coefficient (Wildman–Crippen LogP) is 4.63. The molecule has 3 aromatic rings. The molecule has 36 heavy (non-hydrogen) atoms. The summed E-state index contributed by atoms with van der Waals surface area (Å²) in [5.74, 6) is 0.710. The number of likely N-dealkylation sites (tertiary alicyclic amines) is 1. The van der Waals surface area contributed by atoms with Crippen LogP contribution in [0.15, 0.2) is 72.8 Å². The SMILES string of the molecule is COc1ccc(-c2ccc(Cl)cc2)cc1CNC1CCN(C(=O)CNC(C)=O)CC1c1ccccc1. The highest BCUT2D eigenvalue weighted by molar-refractivity contribution is 6.30. The molecule has 2 amide bonds. The first kappa shape index (κ1) is 25.7. The highest BCUT2D eigenvalue weighted by atomic mass is 35.5. The van der Waals surface area contributed by atoms with E-state index in [4.69, 9.17) is 16.3 Å². The molecule has 0 aliphatic carbocycles. The summed E-state index contributed by atoms with van der Waals surface area (Å²) < 4.78 is 5.65. The lowest BCUT2D eigenvalue weighted by atomic mass is 9.85. The van der Waals surface area contributed by atoms with Gasteiger partial charge in [0, 0.05) is 49.1 Å². The Morgan fingerprint density at radius 2 is 1.75 bits per heavy atom. The van der Waals surface area contributed by atoms with Gasteiger partial charge in [0.05, 0.1) is 13.7 Å². The Bertz CT molecular complexity index is 1180. The summed E-state index contributed by atoms with van der Waals surface area (Å²) in [7, 11) is 1.69. The van der Waals surface area contributed by atoms with Crippen molar-refractivity contribution in [1.82, 2.24) is 15.5 Å². The smallest absolute Gasteiger partial charge is 0.241 e. The van der Waals surface area contributed by atoms with E-state index in [1.54, 1.807) is 7.11 Å². The van der Waals surface area contributed by atoms with Crippen LogP contribution in [0.2, 0.25) is 5.02 Å². The van der Waals surface area contributed by atoms with Crippen LogP contribution in [0.1, 0.15) is 30.4 Å². The highest BCUT2D eigenvalue weighted by Gasteiger charge is 2.32. The quantitative estimate of drug-likeness (QED) is 0.468. The van der Waals surface area contributed by atoms with Crippen LogP contribution in [0.5, 0.6) is 5.75 Å². The molecule has 1 aliphatic heterocycles. The van der Waals surface area contributed by atoms with E-state index in [0.717, 1.165) is 28.9 Å². The Hall–Kier alpha value is -3.35. The van der Waals surface area contributed by atoms with Gasteiger partial charge in [-0.15, -0.1) is 0 Å². The van der Waals surface area contributed by atoms with Gasteiger partial charge in [-0.3, -0.25) is 9.59 Å². The molecule has 1 heterocycles. The number of methoxy groups -OCH3 is 1. The van der Waals surface area contributed by atoms with Crippen LogP contribution in [0.25, 0.3) is 11.1 Å². The fraction of sp³-hybridized carbons (Fsp3) is 0.310. The minimum absolute atomic E-state index is 0.0314. The molecular weight excluding hydrogens is 474 g/mol. The van der Waals surface area contributed by atoms with Gasteiger partial charge in [0.2, 0.25) is 11.8 Å². The average molecular weight is 506 g/mol. The van der Waals surface area contributed by atoms with Crippen molar-refractivity contribution in [2.24, 2.45) is 0 Å². The van der Waals surface area contributed by atoms with Crippen LogP contribution >= 0.6 is 11.6 Å². The van der Waals surface area contributed by atoms with Gasteiger partial charge >= 0.3 is 0 Å². The number of benzene rings is 3. The van der Waals surface area contributed by atoms with Crippen LogP contribution in [0, 0.1) is 0 Å². The second-order valence-electron chi connectivity index (χ2n) is 9.08. The van der Waals surface area contributed by atoms with E-state index >= 15 is 0 Å². The molecule has 0 saturated carbocycles. The molecule has 0 aromatic heterocycles. The van der Waals surface area contributed by atoms with E-state index in [1.165, 1.54) is 12.5 Å². The van der Waals surface area contributed by atoms with Crippen LogP contribution in [0.4, 0.5) is 0 Å². The molecule has 2 unspecified atom stereocenters. The van der Waals surface area contributed by atoms with E-state index < -0.39 is 0 Å². The number of carbonyl (C=O) groups excluding carboxylic acids is 2.